The molecule has 0 fully saturated rings. The predicted molar refractivity (Wildman–Crippen MR) is 57.4 cm³/mol. The molecule has 1 aliphatic carbocycles. The second-order valence-corrected chi connectivity index (χ2v) is 4.68. The monoisotopic (exact) mass is 228 g/mol. The molecule has 0 amide bonds. The molecule has 1 aromatic rings. The Kier molecular flexibility index (Phi) is 2.96. The number of fused-ring (bicyclic) bond motifs is 1. The first kappa shape index (κ1) is 11.5. The molecule has 2 rings (SSSR count). The van der Waals surface area contributed by atoms with E-state index in [1.54, 1.807) is 0 Å². The Balaban J connectivity index is 2.14. The highest BCUT2D eigenvalue weighted by atomic mass is 19.4. The van der Waals surface area contributed by atoms with Crippen LogP contribution in [0.2, 0.25) is 0 Å². The van der Waals surface area contributed by atoms with Gasteiger partial charge < -0.3 is 0 Å². The molecule has 0 N–H and O–H groups in total. The molecular formula is C13H15F3. The summed E-state index contributed by atoms with van der Waals surface area (Å²) in [6.45, 7) is 2.15. The number of hydrogen-bond donors (Lipinski definition) is 0. The summed E-state index contributed by atoms with van der Waals surface area (Å²) >= 11 is 0. The van der Waals surface area contributed by atoms with Gasteiger partial charge in [0.15, 0.2) is 0 Å². The largest absolute Gasteiger partial charge is 0.389 e. The van der Waals surface area contributed by atoms with E-state index < -0.39 is 12.6 Å². The average molecular weight is 228 g/mol. The highest BCUT2D eigenvalue weighted by Crippen LogP contribution is 2.31. The summed E-state index contributed by atoms with van der Waals surface area (Å²) in [6, 6.07) is 5.75. The first-order valence-electron chi connectivity index (χ1n) is 5.62. The fraction of sp³-hybridized carbons (Fsp3) is 0.538. The van der Waals surface area contributed by atoms with Crippen molar-refractivity contribution in [2.75, 3.05) is 0 Å². The van der Waals surface area contributed by atoms with Gasteiger partial charge in [-0.2, -0.15) is 13.2 Å². The van der Waals surface area contributed by atoms with Crippen LogP contribution in [0.4, 0.5) is 13.2 Å². The Morgan fingerprint density at radius 3 is 2.69 bits per heavy atom. The van der Waals surface area contributed by atoms with Gasteiger partial charge in [-0.05, 0) is 41.9 Å². The van der Waals surface area contributed by atoms with E-state index >= 15 is 0 Å². The molecule has 0 aromatic heterocycles. The summed E-state index contributed by atoms with van der Waals surface area (Å²) < 4.78 is 36.5. The van der Waals surface area contributed by atoms with E-state index in [9.17, 15) is 13.2 Å². The van der Waals surface area contributed by atoms with Crippen LogP contribution >= 0.6 is 0 Å². The van der Waals surface area contributed by atoms with Crippen molar-refractivity contribution in [3.05, 3.63) is 34.9 Å². The Hall–Kier alpha value is -0.990. The number of alkyl halides is 3. The summed E-state index contributed by atoms with van der Waals surface area (Å²) in [4.78, 5) is 0. The predicted octanol–water partition coefficient (Wildman–Crippen LogP) is 3.92. The summed E-state index contributed by atoms with van der Waals surface area (Å²) in [5, 5.41) is 0. The Morgan fingerprint density at radius 1 is 1.25 bits per heavy atom. The van der Waals surface area contributed by atoms with Gasteiger partial charge in [-0.3, -0.25) is 0 Å². The minimum absolute atomic E-state index is 0.124. The normalized spacial score (nSPS) is 19.9. The fourth-order valence-corrected chi connectivity index (χ4v) is 2.45. The molecule has 0 saturated heterocycles. The van der Waals surface area contributed by atoms with Crippen molar-refractivity contribution in [3.63, 3.8) is 0 Å². The summed E-state index contributed by atoms with van der Waals surface area (Å²) in [7, 11) is 0. The molecule has 16 heavy (non-hydrogen) atoms. The Bertz CT molecular complexity index is 379. The highest BCUT2D eigenvalue weighted by Gasteiger charge is 2.28. The molecule has 0 bridgehead atoms. The van der Waals surface area contributed by atoms with E-state index in [0.29, 0.717) is 5.92 Å². The van der Waals surface area contributed by atoms with Crippen LogP contribution in [0.5, 0.6) is 0 Å². The lowest BCUT2D eigenvalue weighted by atomic mass is 9.99. The van der Waals surface area contributed by atoms with Gasteiger partial charge in [0.2, 0.25) is 0 Å². The van der Waals surface area contributed by atoms with Gasteiger partial charge in [0.25, 0.3) is 0 Å². The zero-order chi connectivity index (χ0) is 11.8. The molecule has 0 nitrogen and oxygen atoms in total. The van der Waals surface area contributed by atoms with Crippen LogP contribution in [0.1, 0.15) is 30.0 Å². The van der Waals surface area contributed by atoms with Crippen molar-refractivity contribution >= 4 is 0 Å². The van der Waals surface area contributed by atoms with Crippen LogP contribution < -0.4 is 0 Å². The van der Waals surface area contributed by atoms with E-state index in [-0.39, 0.29) is 6.42 Å². The van der Waals surface area contributed by atoms with E-state index in [4.69, 9.17) is 0 Å². The zero-order valence-electron chi connectivity index (χ0n) is 9.27. The van der Waals surface area contributed by atoms with Crippen molar-refractivity contribution in [1.82, 2.24) is 0 Å². The maximum Gasteiger partial charge on any atom is 0.389 e. The molecule has 0 spiro atoms. The number of aryl methyl sites for hydroxylation is 1. The third-order valence-electron chi connectivity index (χ3n) is 3.17. The van der Waals surface area contributed by atoms with E-state index in [0.717, 1.165) is 18.4 Å². The zero-order valence-corrected chi connectivity index (χ0v) is 9.27. The van der Waals surface area contributed by atoms with Gasteiger partial charge in [0.05, 0.1) is 0 Å². The van der Waals surface area contributed by atoms with Gasteiger partial charge in [0, 0.05) is 6.42 Å². The minimum atomic E-state index is -4.05. The van der Waals surface area contributed by atoms with Crippen molar-refractivity contribution in [2.45, 2.75) is 38.8 Å². The lowest BCUT2D eigenvalue weighted by Crippen LogP contribution is -2.09. The van der Waals surface area contributed by atoms with Crippen LogP contribution in [-0.4, -0.2) is 6.18 Å². The first-order valence-corrected chi connectivity index (χ1v) is 5.62. The maximum absolute atomic E-state index is 12.2. The van der Waals surface area contributed by atoms with Gasteiger partial charge in [-0.15, -0.1) is 0 Å². The highest BCUT2D eigenvalue weighted by molar-refractivity contribution is 5.39. The molecule has 1 atom stereocenters. The molecule has 0 saturated carbocycles. The molecule has 0 radical (unpaired) electrons. The van der Waals surface area contributed by atoms with E-state index in [1.807, 2.05) is 18.2 Å². The number of halogens is 3. The van der Waals surface area contributed by atoms with Crippen molar-refractivity contribution < 1.29 is 13.2 Å². The molecule has 0 heterocycles. The molecule has 3 heteroatoms. The van der Waals surface area contributed by atoms with Gasteiger partial charge >= 0.3 is 6.18 Å². The molecular weight excluding hydrogens is 213 g/mol. The molecule has 88 valence electrons. The summed E-state index contributed by atoms with van der Waals surface area (Å²) in [6.07, 6.45) is -2.69. The number of rotatable bonds is 2. The third-order valence-corrected chi connectivity index (χ3v) is 3.17. The van der Waals surface area contributed by atoms with Gasteiger partial charge in [-0.25, -0.2) is 0 Å². The second-order valence-electron chi connectivity index (χ2n) is 4.68. The first-order chi connectivity index (χ1) is 7.46. The molecule has 1 aliphatic rings. The second kappa shape index (κ2) is 4.11. The van der Waals surface area contributed by atoms with Crippen LogP contribution in [0.15, 0.2) is 18.2 Å². The van der Waals surface area contributed by atoms with Crippen LogP contribution in [0, 0.1) is 5.92 Å². The van der Waals surface area contributed by atoms with Crippen LogP contribution in [0.3, 0.4) is 0 Å². The van der Waals surface area contributed by atoms with E-state index in [2.05, 4.69) is 6.92 Å². The summed E-state index contributed by atoms with van der Waals surface area (Å²) in [5.41, 5.74) is 3.30. The van der Waals surface area contributed by atoms with Crippen molar-refractivity contribution in [1.29, 1.82) is 0 Å². The Morgan fingerprint density at radius 2 is 2.00 bits per heavy atom. The number of hydrogen-bond acceptors (Lipinski definition) is 0. The molecule has 1 unspecified atom stereocenters. The third kappa shape index (κ3) is 2.57. The lowest BCUT2D eigenvalue weighted by molar-refractivity contribution is -0.134. The summed E-state index contributed by atoms with van der Waals surface area (Å²) in [5.74, 6) is 0.571. The lowest BCUT2D eigenvalue weighted by Gasteiger charge is -2.10. The van der Waals surface area contributed by atoms with Crippen molar-refractivity contribution in [2.24, 2.45) is 5.92 Å². The topological polar surface area (TPSA) is 0 Å². The van der Waals surface area contributed by atoms with Gasteiger partial charge in [-0.1, -0.05) is 25.1 Å². The van der Waals surface area contributed by atoms with Crippen LogP contribution in [0.25, 0.3) is 0 Å². The molecule has 0 aliphatic heterocycles. The van der Waals surface area contributed by atoms with Gasteiger partial charge in [0.1, 0.15) is 0 Å². The number of benzene rings is 1. The average Bonchev–Trinajstić information content (AvgIpc) is 2.54. The Labute approximate surface area is 93.5 Å². The fourth-order valence-electron chi connectivity index (χ4n) is 2.45. The smallest absolute Gasteiger partial charge is 0.171 e. The SMILES string of the molecule is CC1Cc2cccc(CCC(F)(F)F)c2C1. The maximum atomic E-state index is 12.2. The minimum Gasteiger partial charge on any atom is -0.171 e. The standard InChI is InChI=1S/C13H15F3/c1-9-7-11-4-2-3-10(12(11)8-9)5-6-13(14,15)16/h2-4,9H,5-8H2,1H3. The molecule has 1 aromatic carbocycles. The van der Waals surface area contributed by atoms with Crippen molar-refractivity contribution in [3.8, 4) is 0 Å². The quantitative estimate of drug-likeness (QED) is 0.719. The van der Waals surface area contributed by atoms with Crippen LogP contribution in [-0.2, 0) is 19.3 Å². The van der Waals surface area contributed by atoms with E-state index in [1.165, 1.54) is 11.1 Å².